The smallest absolute Gasteiger partial charge is 0.123 e. The summed E-state index contributed by atoms with van der Waals surface area (Å²) in [4.78, 5) is 0. The second-order valence-electron chi connectivity index (χ2n) is 4.78. The Labute approximate surface area is 121 Å². The molecule has 21 heavy (non-hydrogen) atoms. The van der Waals surface area contributed by atoms with Crippen LogP contribution in [0.4, 0.5) is 4.39 Å². The molecule has 1 heterocycles. The quantitative estimate of drug-likeness (QED) is 0.715. The van der Waals surface area contributed by atoms with Crippen LogP contribution < -0.4 is 0 Å². The molecule has 0 saturated heterocycles. The van der Waals surface area contributed by atoms with Crippen LogP contribution in [0.3, 0.4) is 0 Å². The van der Waals surface area contributed by atoms with Gasteiger partial charge in [0.1, 0.15) is 5.82 Å². The van der Waals surface area contributed by atoms with Crippen LogP contribution in [0.5, 0.6) is 0 Å². The average Bonchev–Trinajstić information content (AvgIpc) is 2.94. The fraction of sp³-hybridized carbons (Fsp3) is 0.0588. The lowest BCUT2D eigenvalue weighted by molar-refractivity contribution is 0.628. The van der Waals surface area contributed by atoms with Crippen molar-refractivity contribution in [2.75, 3.05) is 0 Å². The van der Waals surface area contributed by atoms with Crippen LogP contribution in [0.1, 0.15) is 5.56 Å². The first-order valence-corrected chi connectivity index (χ1v) is 6.46. The highest BCUT2D eigenvalue weighted by molar-refractivity contribution is 5.77. The zero-order valence-corrected chi connectivity index (χ0v) is 11.4. The summed E-state index contributed by atoms with van der Waals surface area (Å²) in [6.45, 7) is 0. The molecule has 0 radical (unpaired) electrons. The number of hydrogen-bond donors (Lipinski definition) is 0. The van der Waals surface area contributed by atoms with Crippen molar-refractivity contribution in [3.63, 3.8) is 0 Å². The molecule has 0 N–H and O–H groups in total. The molecule has 3 aromatic rings. The summed E-state index contributed by atoms with van der Waals surface area (Å²) in [5.41, 5.74) is 4.15. The minimum atomic E-state index is -0.264. The Balaban J connectivity index is 2.13. The minimum absolute atomic E-state index is 0.264. The van der Waals surface area contributed by atoms with Gasteiger partial charge in [0.2, 0.25) is 0 Å². The molecule has 0 fully saturated rings. The second kappa shape index (κ2) is 5.22. The zero-order valence-electron chi connectivity index (χ0n) is 11.4. The fourth-order valence-electron chi connectivity index (χ4n) is 2.26. The molecule has 0 spiro atoms. The van der Waals surface area contributed by atoms with Crippen molar-refractivity contribution in [2.24, 2.45) is 7.05 Å². The molecule has 4 heteroatoms. The molecule has 0 atom stereocenters. The summed E-state index contributed by atoms with van der Waals surface area (Å²) in [5, 5.41) is 13.4. The van der Waals surface area contributed by atoms with Crippen molar-refractivity contribution in [2.45, 2.75) is 0 Å². The number of aromatic nitrogens is 2. The molecule has 102 valence electrons. The maximum Gasteiger partial charge on any atom is 0.123 e. The molecule has 0 aliphatic carbocycles. The van der Waals surface area contributed by atoms with Gasteiger partial charge in [-0.25, -0.2) is 4.39 Å². The van der Waals surface area contributed by atoms with E-state index in [4.69, 9.17) is 0 Å². The lowest BCUT2D eigenvalue weighted by Crippen LogP contribution is -1.87. The van der Waals surface area contributed by atoms with Crippen molar-refractivity contribution < 1.29 is 4.39 Å². The Kier molecular flexibility index (Phi) is 3.25. The summed E-state index contributed by atoms with van der Waals surface area (Å²) < 4.78 is 14.7. The topological polar surface area (TPSA) is 41.6 Å². The Bertz CT molecular complexity index is 826. The lowest BCUT2D eigenvalue weighted by atomic mass is 9.97. The van der Waals surface area contributed by atoms with E-state index in [0.717, 1.165) is 22.3 Å². The van der Waals surface area contributed by atoms with Gasteiger partial charge in [0, 0.05) is 24.4 Å². The Morgan fingerprint density at radius 1 is 1.05 bits per heavy atom. The van der Waals surface area contributed by atoms with E-state index < -0.39 is 0 Å². The fourth-order valence-corrected chi connectivity index (χ4v) is 2.26. The molecule has 0 saturated carbocycles. The van der Waals surface area contributed by atoms with E-state index >= 15 is 0 Å². The first kappa shape index (κ1) is 13.1. The molecule has 3 nitrogen and oxygen atoms in total. The van der Waals surface area contributed by atoms with E-state index in [-0.39, 0.29) is 5.82 Å². The van der Waals surface area contributed by atoms with E-state index in [1.807, 2.05) is 25.4 Å². The molecule has 1 aromatic heterocycles. The predicted octanol–water partition coefficient (Wildman–Crippen LogP) is 3.76. The summed E-state index contributed by atoms with van der Waals surface area (Å²) in [6, 6.07) is 14.1. The van der Waals surface area contributed by atoms with Crippen molar-refractivity contribution >= 4 is 0 Å². The molecular weight excluding hydrogens is 265 g/mol. The lowest BCUT2D eigenvalue weighted by Gasteiger charge is -2.06. The second-order valence-corrected chi connectivity index (χ2v) is 4.78. The van der Waals surface area contributed by atoms with E-state index in [1.54, 1.807) is 29.1 Å². The number of aryl methyl sites for hydroxylation is 1. The molecule has 0 amide bonds. The molecule has 0 aliphatic heterocycles. The molecular formula is C17H12FN3. The van der Waals surface area contributed by atoms with Crippen LogP contribution >= 0.6 is 0 Å². The molecule has 0 aliphatic rings. The maximum absolute atomic E-state index is 13.0. The van der Waals surface area contributed by atoms with E-state index in [9.17, 15) is 9.65 Å². The number of halogens is 1. The summed E-state index contributed by atoms with van der Waals surface area (Å²) >= 11 is 0. The standard InChI is InChI=1S/C17H12FN3/c1-21-11-15(10-20-21)17-8-13(2-3-14(17)9-19)12-4-6-16(18)7-5-12/h2-8,10-11H,1H3. The third-order valence-electron chi connectivity index (χ3n) is 3.33. The number of benzene rings is 2. The SMILES string of the molecule is Cn1cc(-c2cc(-c3ccc(F)cc3)ccc2C#N)cn1. The highest BCUT2D eigenvalue weighted by atomic mass is 19.1. The van der Waals surface area contributed by atoms with Crippen LogP contribution in [0.25, 0.3) is 22.3 Å². The summed E-state index contributed by atoms with van der Waals surface area (Å²) in [7, 11) is 1.83. The molecule has 0 unspecified atom stereocenters. The van der Waals surface area contributed by atoms with Crippen molar-refractivity contribution in [1.82, 2.24) is 9.78 Å². The van der Waals surface area contributed by atoms with Crippen molar-refractivity contribution in [1.29, 1.82) is 5.26 Å². The molecule has 0 bridgehead atoms. The van der Waals surface area contributed by atoms with Gasteiger partial charge in [-0.1, -0.05) is 18.2 Å². The average molecular weight is 277 g/mol. The Morgan fingerprint density at radius 2 is 1.76 bits per heavy atom. The van der Waals surface area contributed by atoms with Gasteiger partial charge in [-0.3, -0.25) is 4.68 Å². The summed E-state index contributed by atoms with van der Waals surface area (Å²) in [5.74, 6) is -0.264. The minimum Gasteiger partial charge on any atom is -0.275 e. The Hall–Kier alpha value is -2.93. The first-order valence-electron chi connectivity index (χ1n) is 6.46. The van der Waals surface area contributed by atoms with Crippen LogP contribution in [0.2, 0.25) is 0 Å². The molecule has 3 rings (SSSR count). The number of rotatable bonds is 2. The van der Waals surface area contributed by atoms with Crippen molar-refractivity contribution in [3.05, 3.63) is 66.2 Å². The molecule has 2 aromatic carbocycles. The van der Waals surface area contributed by atoms with Gasteiger partial charge in [-0.15, -0.1) is 0 Å². The number of nitriles is 1. The Morgan fingerprint density at radius 3 is 2.38 bits per heavy atom. The predicted molar refractivity (Wildman–Crippen MR) is 78.8 cm³/mol. The van der Waals surface area contributed by atoms with Crippen LogP contribution in [-0.2, 0) is 7.05 Å². The normalized spacial score (nSPS) is 10.3. The van der Waals surface area contributed by atoms with E-state index in [2.05, 4.69) is 11.2 Å². The first-order chi connectivity index (χ1) is 10.2. The van der Waals surface area contributed by atoms with Crippen LogP contribution in [0.15, 0.2) is 54.9 Å². The van der Waals surface area contributed by atoms with Gasteiger partial charge >= 0.3 is 0 Å². The monoisotopic (exact) mass is 277 g/mol. The van der Waals surface area contributed by atoms with Gasteiger partial charge in [0.25, 0.3) is 0 Å². The van der Waals surface area contributed by atoms with Gasteiger partial charge in [-0.2, -0.15) is 10.4 Å². The number of hydrogen-bond acceptors (Lipinski definition) is 2. The zero-order chi connectivity index (χ0) is 14.8. The van der Waals surface area contributed by atoms with Crippen LogP contribution in [0, 0.1) is 17.1 Å². The third kappa shape index (κ3) is 2.54. The van der Waals surface area contributed by atoms with Gasteiger partial charge in [-0.05, 0) is 35.4 Å². The van der Waals surface area contributed by atoms with Crippen LogP contribution in [-0.4, -0.2) is 9.78 Å². The largest absolute Gasteiger partial charge is 0.275 e. The van der Waals surface area contributed by atoms with Gasteiger partial charge in [0.15, 0.2) is 0 Å². The highest BCUT2D eigenvalue weighted by Gasteiger charge is 2.09. The maximum atomic E-state index is 13.0. The van der Waals surface area contributed by atoms with Gasteiger partial charge in [0.05, 0.1) is 17.8 Å². The van der Waals surface area contributed by atoms with Crippen molar-refractivity contribution in [3.8, 4) is 28.3 Å². The van der Waals surface area contributed by atoms with E-state index in [1.165, 1.54) is 12.1 Å². The highest BCUT2D eigenvalue weighted by Crippen LogP contribution is 2.29. The number of nitrogens with zero attached hydrogens (tertiary/aromatic N) is 3. The van der Waals surface area contributed by atoms with Gasteiger partial charge < -0.3 is 0 Å². The third-order valence-corrected chi connectivity index (χ3v) is 3.33. The van der Waals surface area contributed by atoms with E-state index in [0.29, 0.717) is 5.56 Å². The summed E-state index contributed by atoms with van der Waals surface area (Å²) in [6.07, 6.45) is 3.59.